The standard InChI is InChI=1S/C7H9F6O4P/c1-3-4(2)16-18(14,15-3)17-5(6(8,9)10)7(11,12)13/h3-5H,1-2H3. The van der Waals surface area contributed by atoms with Gasteiger partial charge in [0.15, 0.2) is 0 Å². The van der Waals surface area contributed by atoms with Crippen molar-refractivity contribution in [3.05, 3.63) is 0 Å². The number of rotatable bonds is 2. The molecule has 0 saturated carbocycles. The molecule has 0 aromatic carbocycles. The first-order valence-corrected chi connectivity index (χ1v) is 6.10. The average molecular weight is 302 g/mol. The third-order valence-electron chi connectivity index (χ3n) is 2.08. The smallest absolute Gasteiger partial charge is 0.281 e. The van der Waals surface area contributed by atoms with E-state index in [9.17, 15) is 30.9 Å². The van der Waals surface area contributed by atoms with Gasteiger partial charge in [-0.2, -0.15) is 26.3 Å². The van der Waals surface area contributed by atoms with Gasteiger partial charge in [-0.1, -0.05) is 0 Å². The van der Waals surface area contributed by atoms with Crippen molar-refractivity contribution in [2.75, 3.05) is 0 Å². The van der Waals surface area contributed by atoms with Crippen molar-refractivity contribution in [3.63, 3.8) is 0 Å². The first-order valence-electron chi connectivity index (χ1n) is 4.64. The first-order chi connectivity index (χ1) is 7.85. The molecule has 2 atom stereocenters. The van der Waals surface area contributed by atoms with E-state index in [2.05, 4.69) is 13.6 Å². The number of halogens is 6. The van der Waals surface area contributed by atoms with E-state index >= 15 is 0 Å². The Hall–Kier alpha value is -0.310. The van der Waals surface area contributed by atoms with E-state index in [4.69, 9.17) is 0 Å². The molecule has 0 N–H and O–H groups in total. The topological polar surface area (TPSA) is 44.8 Å². The van der Waals surface area contributed by atoms with Crippen molar-refractivity contribution in [2.45, 2.75) is 44.5 Å². The van der Waals surface area contributed by atoms with Crippen molar-refractivity contribution in [3.8, 4) is 0 Å². The van der Waals surface area contributed by atoms with E-state index in [0.717, 1.165) is 0 Å². The van der Waals surface area contributed by atoms with Gasteiger partial charge >= 0.3 is 20.2 Å². The zero-order valence-corrected chi connectivity index (χ0v) is 9.97. The van der Waals surface area contributed by atoms with Gasteiger partial charge in [0.05, 0.1) is 12.2 Å². The van der Waals surface area contributed by atoms with Crippen LogP contribution in [0.3, 0.4) is 0 Å². The van der Waals surface area contributed by atoms with E-state index in [1.54, 1.807) is 0 Å². The van der Waals surface area contributed by atoms with Crippen molar-refractivity contribution in [2.24, 2.45) is 0 Å². The zero-order chi connectivity index (χ0) is 14.4. The van der Waals surface area contributed by atoms with E-state index in [1.165, 1.54) is 13.8 Å². The molecule has 0 aliphatic carbocycles. The quantitative estimate of drug-likeness (QED) is 0.579. The van der Waals surface area contributed by atoms with Crippen molar-refractivity contribution < 1.29 is 44.5 Å². The number of phosphoric ester groups is 1. The molecule has 1 saturated heterocycles. The zero-order valence-electron chi connectivity index (χ0n) is 9.08. The van der Waals surface area contributed by atoms with Crippen LogP contribution in [0.2, 0.25) is 0 Å². The molecule has 18 heavy (non-hydrogen) atoms. The van der Waals surface area contributed by atoms with Gasteiger partial charge in [-0.15, -0.1) is 0 Å². The van der Waals surface area contributed by atoms with E-state index in [1.807, 2.05) is 0 Å². The van der Waals surface area contributed by atoms with E-state index < -0.39 is 38.5 Å². The van der Waals surface area contributed by atoms with Crippen LogP contribution in [-0.4, -0.2) is 30.7 Å². The van der Waals surface area contributed by atoms with Gasteiger partial charge in [-0.3, -0.25) is 13.6 Å². The molecule has 0 bridgehead atoms. The maximum Gasteiger partial charge on any atom is 0.476 e. The summed E-state index contributed by atoms with van der Waals surface area (Å²) in [5, 5.41) is 0. The highest BCUT2D eigenvalue weighted by Crippen LogP contribution is 2.60. The van der Waals surface area contributed by atoms with Crippen LogP contribution < -0.4 is 0 Å². The van der Waals surface area contributed by atoms with Crippen LogP contribution in [0.5, 0.6) is 0 Å². The molecule has 0 spiro atoms. The fourth-order valence-corrected chi connectivity index (χ4v) is 2.89. The molecule has 0 radical (unpaired) electrons. The second-order valence-electron chi connectivity index (χ2n) is 3.64. The number of alkyl halides is 6. The van der Waals surface area contributed by atoms with Crippen LogP contribution in [0.25, 0.3) is 0 Å². The van der Waals surface area contributed by atoms with Crippen LogP contribution in [0, 0.1) is 0 Å². The second kappa shape index (κ2) is 4.66. The van der Waals surface area contributed by atoms with Crippen LogP contribution >= 0.6 is 7.82 Å². The minimum absolute atomic E-state index is 0.932. The Morgan fingerprint density at radius 3 is 1.61 bits per heavy atom. The van der Waals surface area contributed by atoms with Crippen molar-refractivity contribution in [1.29, 1.82) is 0 Å². The predicted molar refractivity (Wildman–Crippen MR) is 45.7 cm³/mol. The summed E-state index contributed by atoms with van der Waals surface area (Å²) < 4.78 is 96.7. The first kappa shape index (κ1) is 15.7. The molecule has 1 rings (SSSR count). The summed E-state index contributed by atoms with van der Waals surface area (Å²) in [6.07, 6.45) is -17.6. The van der Waals surface area contributed by atoms with Gasteiger partial charge in [0.25, 0.3) is 6.10 Å². The van der Waals surface area contributed by atoms with Crippen LogP contribution in [0.4, 0.5) is 26.3 Å². The fraction of sp³-hybridized carbons (Fsp3) is 1.00. The Morgan fingerprint density at radius 1 is 1.00 bits per heavy atom. The summed E-state index contributed by atoms with van der Waals surface area (Å²) in [6, 6.07) is 0. The summed E-state index contributed by atoms with van der Waals surface area (Å²) in [5.41, 5.74) is 0. The summed E-state index contributed by atoms with van der Waals surface area (Å²) in [6.45, 7) is 2.56. The summed E-state index contributed by atoms with van der Waals surface area (Å²) >= 11 is 0. The monoisotopic (exact) mass is 302 g/mol. The minimum atomic E-state index is -5.77. The highest BCUT2D eigenvalue weighted by molar-refractivity contribution is 7.48. The number of phosphoric acid groups is 1. The van der Waals surface area contributed by atoms with Crippen LogP contribution in [-0.2, 0) is 18.1 Å². The summed E-state index contributed by atoms with van der Waals surface area (Å²) in [7, 11) is -4.87. The van der Waals surface area contributed by atoms with Crippen molar-refractivity contribution >= 4 is 7.82 Å². The lowest BCUT2D eigenvalue weighted by atomic mass is 10.3. The van der Waals surface area contributed by atoms with Crippen molar-refractivity contribution in [1.82, 2.24) is 0 Å². The maximum atomic E-state index is 12.2. The van der Waals surface area contributed by atoms with Gasteiger partial charge < -0.3 is 0 Å². The predicted octanol–water partition coefficient (Wildman–Crippen LogP) is 3.43. The molecule has 4 nitrogen and oxygen atoms in total. The largest absolute Gasteiger partial charge is 0.476 e. The lowest BCUT2D eigenvalue weighted by Gasteiger charge is -2.24. The second-order valence-corrected chi connectivity index (χ2v) is 5.16. The van der Waals surface area contributed by atoms with E-state index in [0.29, 0.717) is 0 Å². The van der Waals surface area contributed by atoms with E-state index in [-0.39, 0.29) is 0 Å². The SMILES string of the molecule is CC1OP(=O)(OC(C(F)(F)F)C(F)(F)F)OC1C. The normalized spacial score (nSPS) is 34.3. The third-order valence-corrected chi connectivity index (χ3v) is 3.73. The third kappa shape index (κ3) is 3.59. The van der Waals surface area contributed by atoms with Gasteiger partial charge in [-0.05, 0) is 13.8 Å². The van der Waals surface area contributed by atoms with Gasteiger partial charge in [-0.25, -0.2) is 4.57 Å². The highest BCUT2D eigenvalue weighted by atomic mass is 31.2. The Labute approximate surface area is 97.8 Å². The minimum Gasteiger partial charge on any atom is -0.281 e. The molecule has 2 unspecified atom stereocenters. The van der Waals surface area contributed by atoms with Gasteiger partial charge in [0, 0.05) is 0 Å². The molecule has 0 aromatic heterocycles. The molecular weight excluding hydrogens is 293 g/mol. The molecule has 1 fully saturated rings. The lowest BCUT2D eigenvalue weighted by Crippen LogP contribution is -2.43. The average Bonchev–Trinajstić information content (AvgIpc) is 2.34. The van der Waals surface area contributed by atoms with Gasteiger partial charge in [0.2, 0.25) is 0 Å². The molecule has 11 heteroatoms. The Kier molecular flexibility index (Phi) is 4.08. The summed E-state index contributed by atoms with van der Waals surface area (Å²) in [5.74, 6) is 0. The molecule has 0 amide bonds. The molecule has 1 heterocycles. The van der Waals surface area contributed by atoms with Gasteiger partial charge in [0.1, 0.15) is 0 Å². The van der Waals surface area contributed by atoms with Crippen LogP contribution in [0.15, 0.2) is 0 Å². The molecule has 1 aliphatic heterocycles. The Bertz CT molecular complexity index is 325. The molecular formula is C7H9F6O4P. The number of hydrogen-bond donors (Lipinski definition) is 0. The maximum absolute atomic E-state index is 12.2. The summed E-state index contributed by atoms with van der Waals surface area (Å²) in [4.78, 5) is 0. The Morgan fingerprint density at radius 2 is 1.33 bits per heavy atom. The number of hydrogen-bond acceptors (Lipinski definition) is 4. The molecule has 0 aromatic rings. The molecule has 108 valence electrons. The molecule has 1 aliphatic rings. The Balaban J connectivity index is 2.90. The fourth-order valence-electron chi connectivity index (χ4n) is 1.09. The lowest BCUT2D eigenvalue weighted by molar-refractivity contribution is -0.303. The highest BCUT2D eigenvalue weighted by Gasteiger charge is 2.62. The van der Waals surface area contributed by atoms with Crippen LogP contribution in [0.1, 0.15) is 13.8 Å².